The summed E-state index contributed by atoms with van der Waals surface area (Å²) in [5, 5.41) is 6.49. The average molecular weight is 504 g/mol. The van der Waals surface area contributed by atoms with Crippen molar-refractivity contribution in [1.29, 1.82) is 0 Å². The number of fused-ring (bicyclic) bond motifs is 1. The van der Waals surface area contributed by atoms with Crippen LogP contribution in [-0.4, -0.2) is 68.3 Å². The number of carbonyl (C=O) groups is 1. The van der Waals surface area contributed by atoms with Crippen LogP contribution in [0.15, 0.2) is 23.4 Å². The fourth-order valence-electron chi connectivity index (χ4n) is 4.38. The molecule has 3 aliphatic rings. The molecule has 1 saturated carbocycles. The van der Waals surface area contributed by atoms with Gasteiger partial charge in [0.1, 0.15) is 17.3 Å². The quantitative estimate of drug-likeness (QED) is 0.612. The molecule has 2 aliphatic heterocycles. The highest BCUT2D eigenvalue weighted by Crippen LogP contribution is 2.39. The van der Waals surface area contributed by atoms with Gasteiger partial charge in [-0.25, -0.2) is 19.7 Å². The number of hydrogen-bond donors (Lipinski definition) is 2. The van der Waals surface area contributed by atoms with Gasteiger partial charge < -0.3 is 20.3 Å². The second-order valence-electron chi connectivity index (χ2n) is 8.68. The molecule has 12 heteroatoms. The van der Waals surface area contributed by atoms with Crippen molar-refractivity contribution in [1.82, 2.24) is 25.3 Å². The zero-order valence-electron chi connectivity index (χ0n) is 18.8. The lowest BCUT2D eigenvalue weighted by Crippen LogP contribution is -2.50. The number of nitrogens with zero attached hydrogens (tertiary/aromatic N) is 5. The second kappa shape index (κ2) is 9.46. The lowest BCUT2D eigenvalue weighted by molar-refractivity contribution is 0.0959. The molecular weight excluding hydrogens is 478 g/mol. The van der Waals surface area contributed by atoms with E-state index >= 15 is 0 Å². The van der Waals surface area contributed by atoms with E-state index in [1.165, 1.54) is 7.05 Å². The van der Waals surface area contributed by atoms with Crippen LogP contribution in [0.5, 0.6) is 0 Å². The Bertz CT molecular complexity index is 1150. The van der Waals surface area contributed by atoms with E-state index in [-0.39, 0.29) is 6.61 Å². The third kappa shape index (κ3) is 4.58. The summed E-state index contributed by atoms with van der Waals surface area (Å²) in [5.74, 6) is 2.42. The highest BCUT2D eigenvalue weighted by atomic mass is 35.5. The zero-order chi connectivity index (χ0) is 23.7. The first-order valence-corrected chi connectivity index (χ1v) is 13.0. The van der Waals surface area contributed by atoms with Gasteiger partial charge in [-0.05, 0) is 31.3 Å². The largest absolute Gasteiger partial charge is 0.447 e. The van der Waals surface area contributed by atoms with Gasteiger partial charge in [-0.15, -0.1) is 0 Å². The number of carbonyl (C=O) groups excluding carboxylic acids is 1. The third-order valence-corrected chi connectivity index (χ3v) is 8.11. The minimum absolute atomic E-state index is 0.227. The predicted molar refractivity (Wildman–Crippen MR) is 129 cm³/mol. The Kier molecular flexibility index (Phi) is 6.39. The summed E-state index contributed by atoms with van der Waals surface area (Å²) in [6.45, 7) is 1.56. The molecule has 1 fully saturated rings. The summed E-state index contributed by atoms with van der Waals surface area (Å²) in [6.07, 6.45) is 8.95. The maximum Gasteiger partial charge on any atom is 0.406 e. The van der Waals surface area contributed by atoms with Crippen LogP contribution in [0, 0.1) is 0 Å². The summed E-state index contributed by atoms with van der Waals surface area (Å²) in [4.78, 5) is 32.6. The summed E-state index contributed by atoms with van der Waals surface area (Å²) in [7, 11) is 0.388. The summed E-state index contributed by atoms with van der Waals surface area (Å²) in [6, 6.07) is 0. The van der Waals surface area contributed by atoms with E-state index < -0.39 is 22.4 Å². The van der Waals surface area contributed by atoms with Gasteiger partial charge in [-0.1, -0.05) is 17.7 Å². The van der Waals surface area contributed by atoms with Gasteiger partial charge in [0.15, 0.2) is 5.82 Å². The van der Waals surface area contributed by atoms with Crippen LogP contribution >= 0.6 is 11.6 Å². The van der Waals surface area contributed by atoms with Gasteiger partial charge in [0.05, 0.1) is 27.1 Å². The first-order chi connectivity index (χ1) is 16.5. The lowest BCUT2D eigenvalue weighted by Gasteiger charge is -2.42. The van der Waals surface area contributed by atoms with Gasteiger partial charge in [-0.2, -0.15) is 4.98 Å². The van der Waals surface area contributed by atoms with Crippen molar-refractivity contribution < 1.29 is 13.7 Å². The molecule has 1 amide bonds. The Labute approximate surface area is 205 Å². The summed E-state index contributed by atoms with van der Waals surface area (Å²) in [5.41, 5.74) is 1.48. The standard InChI is InChI=1S/C22H26ClN7O3S/c1-24-21(31)33-13-22(6-2-7-22)29-19-17-16(5-10-34(17)32)27-20(28-19)30-8-3-14(4-9-30)18-25-11-15(23)12-26-18/h3,11-12H,2,4-10,13H2,1H3,(H,24,31)(H,27,28,29)/t34-/m0/s1. The van der Waals surface area contributed by atoms with E-state index in [2.05, 4.69) is 31.6 Å². The van der Waals surface area contributed by atoms with E-state index in [1.807, 2.05) is 0 Å². The van der Waals surface area contributed by atoms with Crippen molar-refractivity contribution >= 4 is 45.8 Å². The monoisotopic (exact) mass is 503 g/mol. The SMILES string of the molecule is CNC(=O)OCC1(Nc2nc(N3CC=C(c4ncc(Cl)cn4)CC3)nc3c2[S@@](=O)CC3)CCC1. The Hall–Kier alpha value is -2.79. The summed E-state index contributed by atoms with van der Waals surface area (Å²) < 4.78 is 18.1. The van der Waals surface area contributed by atoms with Gasteiger partial charge in [0.25, 0.3) is 0 Å². The highest BCUT2D eigenvalue weighted by Gasteiger charge is 2.41. The highest BCUT2D eigenvalue weighted by molar-refractivity contribution is 7.85. The Morgan fingerprint density at radius 3 is 2.71 bits per heavy atom. The molecule has 2 aromatic heterocycles. The number of rotatable bonds is 6. The number of alkyl carbamates (subject to hydrolysis) is 1. The van der Waals surface area contributed by atoms with Crippen LogP contribution in [0.3, 0.4) is 0 Å². The molecule has 34 heavy (non-hydrogen) atoms. The predicted octanol–water partition coefficient (Wildman–Crippen LogP) is 2.57. The molecule has 180 valence electrons. The molecule has 0 aromatic carbocycles. The molecule has 0 spiro atoms. The maximum atomic E-state index is 12.8. The minimum atomic E-state index is -1.15. The topological polar surface area (TPSA) is 122 Å². The van der Waals surface area contributed by atoms with Gasteiger partial charge in [0, 0.05) is 44.7 Å². The number of hydrogen-bond acceptors (Lipinski definition) is 9. The van der Waals surface area contributed by atoms with Crippen LogP contribution in [0.4, 0.5) is 16.6 Å². The number of aromatic nitrogens is 4. The van der Waals surface area contributed by atoms with Crippen molar-refractivity contribution in [3.8, 4) is 0 Å². The Balaban J connectivity index is 1.38. The number of nitrogens with one attached hydrogen (secondary N) is 2. The molecular formula is C22H26ClN7O3S. The summed E-state index contributed by atoms with van der Waals surface area (Å²) >= 11 is 5.90. The van der Waals surface area contributed by atoms with Crippen molar-refractivity contribution in [3.05, 3.63) is 35.0 Å². The maximum absolute atomic E-state index is 12.8. The van der Waals surface area contributed by atoms with E-state index in [9.17, 15) is 9.00 Å². The van der Waals surface area contributed by atoms with Crippen LogP contribution in [0.2, 0.25) is 5.02 Å². The molecule has 10 nitrogen and oxygen atoms in total. The van der Waals surface area contributed by atoms with Crippen molar-refractivity contribution in [2.75, 3.05) is 42.7 Å². The Morgan fingerprint density at radius 2 is 2.06 bits per heavy atom. The third-order valence-electron chi connectivity index (χ3n) is 6.45. The van der Waals surface area contributed by atoms with E-state index in [1.54, 1.807) is 12.4 Å². The van der Waals surface area contributed by atoms with Crippen molar-refractivity contribution in [2.45, 2.75) is 42.5 Å². The number of aryl methyl sites for hydroxylation is 1. The van der Waals surface area contributed by atoms with Crippen LogP contribution in [-0.2, 0) is 22.0 Å². The van der Waals surface area contributed by atoms with Crippen LogP contribution < -0.4 is 15.5 Å². The molecule has 0 radical (unpaired) electrons. The minimum Gasteiger partial charge on any atom is -0.447 e. The lowest BCUT2D eigenvalue weighted by atomic mass is 9.77. The van der Waals surface area contributed by atoms with Crippen molar-refractivity contribution in [2.24, 2.45) is 0 Å². The van der Waals surface area contributed by atoms with E-state index in [0.717, 1.165) is 37.0 Å². The normalized spacial score (nSPS) is 20.7. The van der Waals surface area contributed by atoms with E-state index in [4.69, 9.17) is 26.3 Å². The molecule has 1 atom stereocenters. The molecule has 5 rings (SSSR count). The molecule has 0 unspecified atom stereocenters. The zero-order valence-corrected chi connectivity index (χ0v) is 20.4. The second-order valence-corrected chi connectivity index (χ2v) is 10.6. The number of ether oxygens (including phenoxy) is 1. The molecule has 0 bridgehead atoms. The van der Waals surface area contributed by atoms with Crippen LogP contribution in [0.1, 0.15) is 37.2 Å². The fraction of sp³-hybridized carbons (Fsp3) is 0.500. The fourth-order valence-corrected chi connectivity index (χ4v) is 5.78. The molecule has 1 aliphatic carbocycles. The number of anilines is 2. The van der Waals surface area contributed by atoms with Gasteiger partial charge >= 0.3 is 6.09 Å². The van der Waals surface area contributed by atoms with Gasteiger partial charge in [0.2, 0.25) is 5.95 Å². The van der Waals surface area contributed by atoms with E-state index in [0.29, 0.717) is 52.8 Å². The molecule has 0 saturated heterocycles. The molecule has 4 heterocycles. The Morgan fingerprint density at radius 1 is 1.26 bits per heavy atom. The molecule has 2 aromatic rings. The number of halogens is 1. The average Bonchev–Trinajstić information content (AvgIpc) is 3.21. The molecule has 2 N–H and O–H groups in total. The van der Waals surface area contributed by atoms with Crippen LogP contribution in [0.25, 0.3) is 5.57 Å². The first-order valence-electron chi connectivity index (χ1n) is 11.3. The smallest absolute Gasteiger partial charge is 0.406 e. The van der Waals surface area contributed by atoms with Gasteiger partial charge in [-0.3, -0.25) is 4.21 Å². The first kappa shape index (κ1) is 23.0. The van der Waals surface area contributed by atoms with Crippen molar-refractivity contribution in [3.63, 3.8) is 0 Å². The number of amides is 1.